The van der Waals surface area contributed by atoms with Crippen molar-refractivity contribution in [3.8, 4) is 0 Å². The van der Waals surface area contributed by atoms with Gasteiger partial charge < -0.3 is 4.90 Å². The van der Waals surface area contributed by atoms with Crippen LogP contribution in [0.5, 0.6) is 0 Å². The molecule has 1 fully saturated rings. The summed E-state index contributed by atoms with van der Waals surface area (Å²) in [5.41, 5.74) is 0. The van der Waals surface area contributed by atoms with Crippen molar-refractivity contribution in [2.75, 3.05) is 6.54 Å². The minimum absolute atomic E-state index is 0.500. The Morgan fingerprint density at radius 3 is 2.46 bits per heavy atom. The summed E-state index contributed by atoms with van der Waals surface area (Å²) < 4.78 is 0. The van der Waals surface area contributed by atoms with Gasteiger partial charge in [-0.25, -0.2) is 0 Å². The minimum Gasteiger partial charge on any atom is -0.358 e. The summed E-state index contributed by atoms with van der Waals surface area (Å²) in [6.07, 6.45) is 4.78. The molecule has 0 aromatic rings. The second-order valence-corrected chi connectivity index (χ2v) is 4.39. The molecule has 1 aliphatic carbocycles. The van der Waals surface area contributed by atoms with E-state index < -0.39 is 0 Å². The van der Waals surface area contributed by atoms with Crippen LogP contribution in [0.1, 0.15) is 46.5 Å². The molecule has 0 bridgehead atoms. The van der Waals surface area contributed by atoms with Crippen molar-refractivity contribution in [1.82, 2.24) is 4.90 Å². The standard InChI is InChI=1S/C11H22N2/c1-4-5-11(12)13(9(2)3)8-10-6-7-10/h9-10,12H,4-8H2,1-3H3. The first-order valence-electron chi connectivity index (χ1n) is 5.49. The highest BCUT2D eigenvalue weighted by atomic mass is 15.2. The summed E-state index contributed by atoms with van der Waals surface area (Å²) in [5.74, 6) is 1.73. The molecule has 0 aliphatic heterocycles. The van der Waals surface area contributed by atoms with E-state index in [0.717, 1.165) is 31.1 Å². The maximum absolute atomic E-state index is 7.92. The van der Waals surface area contributed by atoms with Crippen LogP contribution in [0.2, 0.25) is 0 Å². The average Bonchev–Trinajstić information content (AvgIpc) is 2.83. The van der Waals surface area contributed by atoms with Crippen LogP contribution in [0.4, 0.5) is 0 Å². The largest absolute Gasteiger partial charge is 0.358 e. The number of hydrogen-bond donors (Lipinski definition) is 1. The smallest absolute Gasteiger partial charge is 0.0959 e. The molecule has 0 spiro atoms. The highest BCUT2D eigenvalue weighted by Gasteiger charge is 2.26. The second-order valence-electron chi connectivity index (χ2n) is 4.39. The lowest BCUT2D eigenvalue weighted by atomic mass is 10.2. The fourth-order valence-corrected chi connectivity index (χ4v) is 1.59. The van der Waals surface area contributed by atoms with Crippen molar-refractivity contribution in [3.05, 3.63) is 0 Å². The Morgan fingerprint density at radius 1 is 1.46 bits per heavy atom. The Bertz CT molecular complexity index is 171. The zero-order valence-corrected chi connectivity index (χ0v) is 9.14. The summed E-state index contributed by atoms with van der Waals surface area (Å²) in [4.78, 5) is 2.27. The molecule has 0 atom stereocenters. The Balaban J connectivity index is 2.39. The van der Waals surface area contributed by atoms with Gasteiger partial charge in [0.15, 0.2) is 0 Å². The molecule has 1 aliphatic rings. The lowest BCUT2D eigenvalue weighted by molar-refractivity contribution is 0.327. The fraction of sp³-hybridized carbons (Fsp3) is 0.909. The molecule has 0 saturated heterocycles. The summed E-state index contributed by atoms with van der Waals surface area (Å²) in [7, 11) is 0. The van der Waals surface area contributed by atoms with Crippen LogP contribution < -0.4 is 0 Å². The van der Waals surface area contributed by atoms with Crippen LogP contribution in [-0.2, 0) is 0 Å². The maximum Gasteiger partial charge on any atom is 0.0959 e. The van der Waals surface area contributed by atoms with Gasteiger partial charge in [0.05, 0.1) is 5.84 Å². The lowest BCUT2D eigenvalue weighted by Gasteiger charge is -2.29. The predicted octanol–water partition coefficient (Wildman–Crippen LogP) is 2.88. The molecule has 0 aromatic carbocycles. The number of nitrogens with zero attached hydrogens (tertiary/aromatic N) is 1. The van der Waals surface area contributed by atoms with E-state index in [4.69, 9.17) is 5.41 Å². The monoisotopic (exact) mass is 182 g/mol. The van der Waals surface area contributed by atoms with E-state index in [1.165, 1.54) is 12.8 Å². The molecule has 76 valence electrons. The second kappa shape index (κ2) is 4.64. The van der Waals surface area contributed by atoms with E-state index >= 15 is 0 Å². The number of hydrogen-bond acceptors (Lipinski definition) is 1. The first-order valence-corrected chi connectivity index (χ1v) is 5.49. The third kappa shape index (κ3) is 3.37. The van der Waals surface area contributed by atoms with Crippen molar-refractivity contribution in [1.29, 1.82) is 5.41 Å². The van der Waals surface area contributed by atoms with Crippen LogP contribution >= 0.6 is 0 Å². The van der Waals surface area contributed by atoms with Gasteiger partial charge in [-0.15, -0.1) is 0 Å². The Hall–Kier alpha value is -0.530. The topological polar surface area (TPSA) is 27.1 Å². The summed E-state index contributed by atoms with van der Waals surface area (Å²) in [5, 5.41) is 7.92. The SMILES string of the molecule is CCCC(=N)N(CC1CC1)C(C)C. The number of nitrogens with one attached hydrogen (secondary N) is 1. The van der Waals surface area contributed by atoms with Gasteiger partial charge in [-0.2, -0.15) is 0 Å². The first-order chi connectivity index (χ1) is 6.15. The Labute approximate surface area is 81.8 Å². The first kappa shape index (κ1) is 10.6. The fourth-order valence-electron chi connectivity index (χ4n) is 1.59. The van der Waals surface area contributed by atoms with Crippen molar-refractivity contribution >= 4 is 5.84 Å². The van der Waals surface area contributed by atoms with Gasteiger partial charge in [-0.1, -0.05) is 6.92 Å². The van der Waals surface area contributed by atoms with E-state index in [-0.39, 0.29) is 0 Å². The third-order valence-corrected chi connectivity index (χ3v) is 2.61. The van der Waals surface area contributed by atoms with Crippen LogP contribution in [0, 0.1) is 11.3 Å². The van der Waals surface area contributed by atoms with Gasteiger partial charge in [-0.05, 0) is 39.0 Å². The average molecular weight is 182 g/mol. The number of amidine groups is 1. The maximum atomic E-state index is 7.92. The summed E-state index contributed by atoms with van der Waals surface area (Å²) in [6, 6.07) is 0.500. The van der Waals surface area contributed by atoms with Crippen LogP contribution in [0.15, 0.2) is 0 Å². The zero-order chi connectivity index (χ0) is 9.84. The Kier molecular flexibility index (Phi) is 3.76. The molecular weight excluding hydrogens is 160 g/mol. The van der Waals surface area contributed by atoms with E-state index in [2.05, 4.69) is 25.7 Å². The normalized spacial score (nSPS) is 16.3. The molecule has 2 heteroatoms. The van der Waals surface area contributed by atoms with Crippen LogP contribution in [0.3, 0.4) is 0 Å². The minimum atomic E-state index is 0.500. The molecule has 0 unspecified atom stereocenters. The summed E-state index contributed by atoms with van der Waals surface area (Å²) >= 11 is 0. The van der Waals surface area contributed by atoms with E-state index in [0.29, 0.717) is 6.04 Å². The third-order valence-electron chi connectivity index (χ3n) is 2.61. The van der Waals surface area contributed by atoms with Crippen LogP contribution in [0.25, 0.3) is 0 Å². The van der Waals surface area contributed by atoms with Gasteiger partial charge in [0, 0.05) is 19.0 Å². The highest BCUT2D eigenvalue weighted by Crippen LogP contribution is 2.30. The van der Waals surface area contributed by atoms with Crippen molar-refractivity contribution in [2.24, 2.45) is 5.92 Å². The van der Waals surface area contributed by atoms with E-state index in [1.807, 2.05) is 0 Å². The molecule has 0 aromatic heterocycles. The molecular formula is C11H22N2. The molecule has 1 rings (SSSR count). The Morgan fingerprint density at radius 2 is 2.08 bits per heavy atom. The van der Waals surface area contributed by atoms with Gasteiger partial charge in [0.25, 0.3) is 0 Å². The zero-order valence-electron chi connectivity index (χ0n) is 9.14. The highest BCUT2D eigenvalue weighted by molar-refractivity contribution is 5.79. The van der Waals surface area contributed by atoms with Gasteiger partial charge in [0.2, 0.25) is 0 Å². The quantitative estimate of drug-likeness (QED) is 0.513. The van der Waals surface area contributed by atoms with Crippen molar-refractivity contribution in [3.63, 3.8) is 0 Å². The van der Waals surface area contributed by atoms with Crippen molar-refractivity contribution in [2.45, 2.75) is 52.5 Å². The molecule has 13 heavy (non-hydrogen) atoms. The van der Waals surface area contributed by atoms with Crippen molar-refractivity contribution < 1.29 is 0 Å². The van der Waals surface area contributed by atoms with Gasteiger partial charge in [0.1, 0.15) is 0 Å². The van der Waals surface area contributed by atoms with Crippen LogP contribution in [-0.4, -0.2) is 23.3 Å². The van der Waals surface area contributed by atoms with E-state index in [1.54, 1.807) is 0 Å². The molecule has 0 heterocycles. The van der Waals surface area contributed by atoms with E-state index in [9.17, 15) is 0 Å². The predicted molar refractivity (Wildman–Crippen MR) is 57.2 cm³/mol. The molecule has 2 nitrogen and oxygen atoms in total. The molecule has 1 N–H and O–H groups in total. The summed E-state index contributed by atoms with van der Waals surface area (Å²) in [6.45, 7) is 7.64. The lowest BCUT2D eigenvalue weighted by Crippen LogP contribution is -2.37. The van der Waals surface area contributed by atoms with Gasteiger partial charge in [-0.3, -0.25) is 5.41 Å². The molecule has 0 amide bonds. The molecule has 0 radical (unpaired) electrons. The van der Waals surface area contributed by atoms with Gasteiger partial charge >= 0.3 is 0 Å². The molecule has 1 saturated carbocycles. The number of rotatable bonds is 5.